The first-order chi connectivity index (χ1) is 11.4. The van der Waals surface area contributed by atoms with Gasteiger partial charge in [-0.05, 0) is 31.5 Å². The maximum atomic E-state index is 12.6. The Kier molecular flexibility index (Phi) is 4.83. The highest BCUT2D eigenvalue weighted by Gasteiger charge is 2.42. The summed E-state index contributed by atoms with van der Waals surface area (Å²) in [5.41, 5.74) is -0.229. The fourth-order valence-electron chi connectivity index (χ4n) is 2.09. The van der Waals surface area contributed by atoms with Crippen molar-refractivity contribution in [3.8, 4) is 5.88 Å². The molecule has 2 rings (SSSR count). The molecule has 0 saturated heterocycles. The van der Waals surface area contributed by atoms with Gasteiger partial charge in [-0.1, -0.05) is 12.1 Å². The molecule has 4 nitrogen and oxygen atoms in total. The predicted molar refractivity (Wildman–Crippen MR) is 73.9 cm³/mol. The predicted octanol–water partition coefficient (Wildman–Crippen LogP) is 4.29. The van der Waals surface area contributed by atoms with Crippen molar-refractivity contribution in [3.05, 3.63) is 47.2 Å². The molecule has 0 radical (unpaired) electrons. The number of alkyl halides is 6. The van der Waals surface area contributed by atoms with E-state index in [2.05, 4.69) is 9.84 Å². The molecule has 0 bridgehead atoms. The van der Waals surface area contributed by atoms with Crippen molar-refractivity contribution in [2.45, 2.75) is 32.2 Å². The van der Waals surface area contributed by atoms with E-state index < -0.39 is 35.8 Å². The van der Waals surface area contributed by atoms with Crippen molar-refractivity contribution in [1.82, 2.24) is 9.78 Å². The molecule has 0 aliphatic heterocycles. The van der Waals surface area contributed by atoms with Gasteiger partial charge in [0.15, 0.2) is 0 Å². The number of aromatic nitrogens is 2. The number of rotatable bonds is 3. The molecule has 25 heavy (non-hydrogen) atoms. The Morgan fingerprint density at radius 1 is 1.12 bits per heavy atom. The van der Waals surface area contributed by atoms with Gasteiger partial charge in [0.2, 0.25) is 5.88 Å². The third kappa shape index (κ3) is 4.31. The van der Waals surface area contributed by atoms with E-state index in [-0.39, 0.29) is 5.69 Å². The molecule has 136 valence electrons. The summed E-state index contributed by atoms with van der Waals surface area (Å²) in [4.78, 5) is 11.0. The lowest BCUT2D eigenvalue weighted by Gasteiger charge is -2.17. The Morgan fingerprint density at radius 2 is 1.68 bits per heavy atom. The molecule has 1 heterocycles. The average molecular weight is 366 g/mol. The first-order valence-electron chi connectivity index (χ1n) is 6.92. The molecule has 0 saturated carbocycles. The van der Waals surface area contributed by atoms with Gasteiger partial charge in [-0.25, -0.2) is 9.48 Å². The van der Waals surface area contributed by atoms with Crippen LogP contribution in [0.15, 0.2) is 30.3 Å². The fourth-order valence-corrected chi connectivity index (χ4v) is 2.09. The molecule has 1 unspecified atom stereocenters. The molecule has 10 heteroatoms. The smallest absolute Gasteiger partial charge is 0.401 e. The lowest BCUT2D eigenvalue weighted by molar-refractivity contribution is -0.190. The molecular weight excluding hydrogens is 354 g/mol. The van der Waals surface area contributed by atoms with E-state index >= 15 is 0 Å². The highest BCUT2D eigenvalue weighted by molar-refractivity contribution is 5.77. The third-order valence-corrected chi connectivity index (χ3v) is 3.34. The van der Waals surface area contributed by atoms with Gasteiger partial charge in [-0.15, -0.1) is 0 Å². The van der Waals surface area contributed by atoms with Gasteiger partial charge in [-0.3, -0.25) is 0 Å². The number of nitrogens with zero attached hydrogens (tertiary/aromatic N) is 2. The van der Waals surface area contributed by atoms with Gasteiger partial charge in [0.05, 0.1) is 17.3 Å². The summed E-state index contributed by atoms with van der Waals surface area (Å²) in [5, 5.41) is 3.94. The first kappa shape index (κ1) is 18.8. The molecule has 0 spiro atoms. The molecule has 0 amide bonds. The minimum atomic E-state index is -5.18. The molecule has 1 atom stereocenters. The van der Waals surface area contributed by atoms with Crippen LogP contribution < -0.4 is 4.74 Å². The van der Waals surface area contributed by atoms with Crippen LogP contribution in [0, 0.1) is 6.92 Å². The maximum Gasteiger partial charge on any atom is 0.491 e. The SMILES string of the molecule is Cc1cc(OC(=O)C(F)(F)F)n(C(C)c2ccc(C(F)(F)F)cc2)n1. The number of esters is 1. The molecule has 0 aliphatic carbocycles. The number of aryl methyl sites for hydroxylation is 1. The minimum absolute atomic E-state index is 0.281. The summed E-state index contributed by atoms with van der Waals surface area (Å²) in [7, 11) is 0. The van der Waals surface area contributed by atoms with E-state index in [4.69, 9.17) is 0 Å². The van der Waals surface area contributed by atoms with Gasteiger partial charge in [0, 0.05) is 6.07 Å². The Morgan fingerprint density at radius 3 is 2.16 bits per heavy atom. The topological polar surface area (TPSA) is 44.1 Å². The van der Waals surface area contributed by atoms with Crippen LogP contribution in [0.3, 0.4) is 0 Å². The second kappa shape index (κ2) is 6.41. The first-order valence-corrected chi connectivity index (χ1v) is 6.92. The largest absolute Gasteiger partial charge is 0.491 e. The lowest BCUT2D eigenvalue weighted by atomic mass is 10.1. The number of ether oxygens (including phenoxy) is 1. The number of hydrogen-bond donors (Lipinski definition) is 0. The monoisotopic (exact) mass is 366 g/mol. The van der Waals surface area contributed by atoms with Crippen LogP contribution in [-0.2, 0) is 11.0 Å². The second-order valence-electron chi connectivity index (χ2n) is 5.25. The zero-order chi connectivity index (χ0) is 19.0. The number of halogens is 6. The maximum absolute atomic E-state index is 12.6. The molecule has 2 aromatic rings. The number of benzene rings is 1. The number of carbonyl (C=O) groups excluding carboxylic acids is 1. The summed E-state index contributed by atoms with van der Waals surface area (Å²) in [6, 6.07) is 4.43. The van der Waals surface area contributed by atoms with Crippen molar-refractivity contribution in [1.29, 1.82) is 0 Å². The van der Waals surface area contributed by atoms with Gasteiger partial charge in [-0.2, -0.15) is 31.4 Å². The van der Waals surface area contributed by atoms with E-state index in [1.165, 1.54) is 26.0 Å². The molecule has 0 fully saturated rings. The summed E-state index contributed by atoms with van der Waals surface area (Å²) < 4.78 is 80.1. The quantitative estimate of drug-likeness (QED) is 0.601. The van der Waals surface area contributed by atoms with Crippen molar-refractivity contribution in [2.75, 3.05) is 0 Å². The van der Waals surface area contributed by atoms with E-state index in [0.717, 1.165) is 22.9 Å². The highest BCUT2D eigenvalue weighted by atomic mass is 19.4. The van der Waals surface area contributed by atoms with Crippen molar-refractivity contribution in [2.24, 2.45) is 0 Å². The summed E-state index contributed by atoms with van der Waals surface area (Å²) in [6.45, 7) is 2.97. The average Bonchev–Trinajstić information content (AvgIpc) is 2.85. The van der Waals surface area contributed by atoms with Crippen LogP contribution in [0.25, 0.3) is 0 Å². The van der Waals surface area contributed by atoms with Crippen LogP contribution >= 0.6 is 0 Å². The normalized spacial score (nSPS) is 13.6. The molecule has 0 aliphatic rings. The molecule has 1 aromatic heterocycles. The highest BCUT2D eigenvalue weighted by Crippen LogP contribution is 2.31. The summed E-state index contributed by atoms with van der Waals surface area (Å²) >= 11 is 0. The molecule has 0 N–H and O–H groups in total. The fraction of sp³-hybridized carbons (Fsp3) is 0.333. The van der Waals surface area contributed by atoms with Crippen LogP contribution in [0.4, 0.5) is 26.3 Å². The van der Waals surface area contributed by atoms with Crippen LogP contribution in [0.1, 0.15) is 29.8 Å². The van der Waals surface area contributed by atoms with E-state index in [0.29, 0.717) is 5.56 Å². The van der Waals surface area contributed by atoms with E-state index in [9.17, 15) is 31.1 Å². The Balaban J connectivity index is 2.31. The Labute approximate surface area is 138 Å². The van der Waals surface area contributed by atoms with Crippen LogP contribution in [0.2, 0.25) is 0 Å². The van der Waals surface area contributed by atoms with Crippen molar-refractivity contribution >= 4 is 5.97 Å². The van der Waals surface area contributed by atoms with Gasteiger partial charge >= 0.3 is 18.3 Å². The van der Waals surface area contributed by atoms with Crippen LogP contribution in [-0.4, -0.2) is 21.9 Å². The zero-order valence-corrected chi connectivity index (χ0v) is 12.9. The molecular formula is C15H12F6N2O2. The number of carbonyl (C=O) groups is 1. The van der Waals surface area contributed by atoms with Crippen LogP contribution in [0.5, 0.6) is 5.88 Å². The van der Waals surface area contributed by atoms with Gasteiger partial charge < -0.3 is 4.74 Å². The van der Waals surface area contributed by atoms with E-state index in [1.54, 1.807) is 0 Å². The van der Waals surface area contributed by atoms with Crippen molar-refractivity contribution in [3.63, 3.8) is 0 Å². The van der Waals surface area contributed by atoms with Gasteiger partial charge in [0.1, 0.15) is 0 Å². The van der Waals surface area contributed by atoms with E-state index in [1.807, 2.05) is 0 Å². The Hall–Kier alpha value is -2.52. The van der Waals surface area contributed by atoms with Crippen molar-refractivity contribution < 1.29 is 35.9 Å². The second-order valence-corrected chi connectivity index (χ2v) is 5.25. The third-order valence-electron chi connectivity index (χ3n) is 3.34. The number of hydrogen-bond acceptors (Lipinski definition) is 3. The standard InChI is InChI=1S/C15H12F6N2O2/c1-8-7-12(25-13(24)15(19,20)21)23(22-8)9(2)10-3-5-11(6-4-10)14(16,17)18/h3-7,9H,1-2H3. The zero-order valence-electron chi connectivity index (χ0n) is 12.9. The van der Waals surface area contributed by atoms with Gasteiger partial charge in [0.25, 0.3) is 0 Å². The summed E-state index contributed by atoms with van der Waals surface area (Å²) in [6.07, 6.45) is -9.68. The summed E-state index contributed by atoms with van der Waals surface area (Å²) in [5.74, 6) is -2.86. The minimum Gasteiger partial charge on any atom is -0.401 e. The lowest BCUT2D eigenvalue weighted by Crippen LogP contribution is -2.29. The Bertz CT molecular complexity index is 762. The molecule has 1 aromatic carbocycles.